The molecule has 1 fully saturated rings. The van der Waals surface area contributed by atoms with Crippen molar-refractivity contribution in [2.75, 3.05) is 52.7 Å². The fourth-order valence-corrected chi connectivity index (χ4v) is 4.82. The Balaban J connectivity index is 1.49. The molecule has 0 saturated carbocycles. The third-order valence-electron chi connectivity index (χ3n) is 7.07. The Morgan fingerprint density at radius 3 is 2.64 bits per heavy atom. The normalized spacial score (nSPS) is 18.2. The van der Waals surface area contributed by atoms with Crippen molar-refractivity contribution >= 4 is 5.91 Å². The van der Waals surface area contributed by atoms with Gasteiger partial charge < -0.3 is 19.5 Å². The fourth-order valence-electron chi connectivity index (χ4n) is 4.82. The van der Waals surface area contributed by atoms with Gasteiger partial charge in [-0.15, -0.1) is 0 Å². The topological polar surface area (TPSA) is 60.0 Å². The zero-order chi connectivity index (χ0) is 25.2. The van der Waals surface area contributed by atoms with E-state index in [9.17, 15) is 4.79 Å². The molecule has 4 rings (SSSR count). The van der Waals surface area contributed by atoms with Crippen molar-refractivity contribution in [2.45, 2.75) is 46.1 Å². The molecule has 36 heavy (non-hydrogen) atoms. The van der Waals surface area contributed by atoms with E-state index in [-0.39, 0.29) is 5.91 Å². The van der Waals surface area contributed by atoms with E-state index >= 15 is 0 Å². The van der Waals surface area contributed by atoms with Gasteiger partial charge in [0, 0.05) is 44.8 Å². The maximum absolute atomic E-state index is 12.9. The van der Waals surface area contributed by atoms with Crippen molar-refractivity contribution in [2.24, 2.45) is 11.8 Å². The second-order valence-electron chi connectivity index (χ2n) is 10.5. The van der Waals surface area contributed by atoms with Gasteiger partial charge >= 0.3 is 0 Å². The lowest BCUT2D eigenvalue weighted by Crippen LogP contribution is -2.32. The van der Waals surface area contributed by atoms with Crippen LogP contribution in [0.5, 0.6) is 5.75 Å². The Bertz CT molecular complexity index is 971. The van der Waals surface area contributed by atoms with E-state index in [0.717, 1.165) is 63.4 Å². The van der Waals surface area contributed by atoms with Crippen molar-refractivity contribution in [3.8, 4) is 5.75 Å². The maximum Gasteiger partial charge on any atom is 0.251 e. The monoisotopic (exact) mass is 494 g/mol. The summed E-state index contributed by atoms with van der Waals surface area (Å²) in [6, 6.07) is 14.6. The Hall–Kier alpha value is -2.41. The van der Waals surface area contributed by atoms with E-state index in [1.165, 1.54) is 17.5 Å². The van der Waals surface area contributed by atoms with E-state index in [1.54, 1.807) is 0 Å². The number of rotatable bonds is 6. The lowest BCUT2D eigenvalue weighted by molar-refractivity contribution is 0.0642. The Labute approximate surface area is 216 Å². The standard InChI is InChI=1S/C30H42N2O4/c1-23(2)8-11-32-12-15-35-16-17-36-29-7-6-27(30(33)31-21-24-9-13-34-14-10-24)20-28(29)19-25-4-3-5-26(18-25)22-32/h3-7,18,20,23-24H,8-17,19,21-22H2,1-2H3,(H,31,33). The second kappa shape index (κ2) is 13.8. The highest BCUT2D eigenvalue weighted by atomic mass is 16.5. The molecule has 2 bridgehead atoms. The molecule has 1 N–H and O–H groups in total. The average molecular weight is 495 g/mol. The van der Waals surface area contributed by atoms with Gasteiger partial charge in [-0.1, -0.05) is 38.1 Å². The minimum atomic E-state index is -0.0263. The number of carbonyl (C=O) groups excluding carboxylic acids is 1. The van der Waals surface area contributed by atoms with E-state index in [1.807, 2.05) is 18.2 Å². The van der Waals surface area contributed by atoms with Crippen molar-refractivity contribution < 1.29 is 19.0 Å². The van der Waals surface area contributed by atoms with E-state index in [2.05, 4.69) is 48.3 Å². The molecule has 1 saturated heterocycles. The summed E-state index contributed by atoms with van der Waals surface area (Å²) in [6.07, 6.45) is 3.91. The SMILES string of the molecule is CC(C)CCN1CCOCCOc2ccc(C(=O)NCC3CCOCC3)cc2Cc2cccc(c2)C1. The zero-order valence-corrected chi connectivity index (χ0v) is 22.0. The number of hydrogen-bond acceptors (Lipinski definition) is 5. The van der Waals surface area contributed by atoms with Crippen molar-refractivity contribution in [1.82, 2.24) is 10.2 Å². The largest absolute Gasteiger partial charge is 0.491 e. The predicted octanol–water partition coefficient (Wildman–Crippen LogP) is 4.69. The molecule has 2 aromatic carbocycles. The van der Waals surface area contributed by atoms with Crippen molar-refractivity contribution in [3.05, 3.63) is 64.7 Å². The highest BCUT2D eigenvalue weighted by molar-refractivity contribution is 5.94. The molecule has 0 aliphatic carbocycles. The number of amides is 1. The van der Waals surface area contributed by atoms with Crippen molar-refractivity contribution in [1.29, 1.82) is 0 Å². The summed E-state index contributed by atoms with van der Waals surface area (Å²) in [5.74, 6) is 1.96. The van der Waals surface area contributed by atoms with Gasteiger partial charge in [0.25, 0.3) is 5.91 Å². The van der Waals surface area contributed by atoms with E-state index < -0.39 is 0 Å². The Morgan fingerprint density at radius 1 is 1.00 bits per heavy atom. The Morgan fingerprint density at radius 2 is 1.81 bits per heavy atom. The summed E-state index contributed by atoms with van der Waals surface area (Å²) in [5.41, 5.74) is 4.24. The first-order chi connectivity index (χ1) is 17.6. The summed E-state index contributed by atoms with van der Waals surface area (Å²) in [4.78, 5) is 15.4. The molecular weight excluding hydrogens is 452 g/mol. The predicted molar refractivity (Wildman–Crippen MR) is 143 cm³/mol. The minimum Gasteiger partial charge on any atom is -0.491 e. The summed E-state index contributed by atoms with van der Waals surface area (Å²) in [5, 5.41) is 3.13. The molecule has 1 amide bonds. The van der Waals surface area contributed by atoms with Crippen LogP contribution < -0.4 is 10.1 Å². The second-order valence-corrected chi connectivity index (χ2v) is 10.5. The number of nitrogens with one attached hydrogen (secondary N) is 1. The highest BCUT2D eigenvalue weighted by Gasteiger charge is 2.17. The fraction of sp³-hybridized carbons (Fsp3) is 0.567. The molecule has 2 heterocycles. The molecule has 0 spiro atoms. The zero-order valence-electron chi connectivity index (χ0n) is 22.0. The number of fused-ring (bicyclic) bond motifs is 3. The molecule has 0 atom stereocenters. The molecule has 6 nitrogen and oxygen atoms in total. The first kappa shape index (κ1) is 26.6. The van der Waals surface area contributed by atoms with Gasteiger partial charge in [-0.05, 0) is 72.5 Å². The van der Waals surface area contributed by atoms with Crippen LogP contribution in [0.2, 0.25) is 0 Å². The minimum absolute atomic E-state index is 0.0263. The highest BCUT2D eigenvalue weighted by Crippen LogP contribution is 2.25. The molecular formula is C30H42N2O4. The van der Waals surface area contributed by atoms with Gasteiger partial charge in [-0.25, -0.2) is 0 Å². The number of hydrogen-bond donors (Lipinski definition) is 1. The number of benzene rings is 2. The van der Waals surface area contributed by atoms with E-state index in [0.29, 0.717) is 43.8 Å². The van der Waals surface area contributed by atoms with E-state index in [4.69, 9.17) is 14.2 Å². The third kappa shape index (κ3) is 8.32. The van der Waals surface area contributed by atoms with Gasteiger partial charge in [0.15, 0.2) is 0 Å². The third-order valence-corrected chi connectivity index (χ3v) is 7.07. The van der Waals surface area contributed by atoms with Crippen LogP contribution in [0, 0.1) is 11.8 Å². The van der Waals surface area contributed by atoms with Crippen LogP contribution in [0.3, 0.4) is 0 Å². The molecule has 0 unspecified atom stereocenters. The molecule has 2 aromatic rings. The smallest absolute Gasteiger partial charge is 0.251 e. The number of ether oxygens (including phenoxy) is 3. The quantitative estimate of drug-likeness (QED) is 0.631. The summed E-state index contributed by atoms with van der Waals surface area (Å²) < 4.78 is 17.4. The van der Waals surface area contributed by atoms with Crippen LogP contribution in [0.1, 0.15) is 60.2 Å². The molecule has 6 heteroatoms. The lowest BCUT2D eigenvalue weighted by Gasteiger charge is -2.24. The first-order valence-corrected chi connectivity index (χ1v) is 13.6. The summed E-state index contributed by atoms with van der Waals surface area (Å²) in [7, 11) is 0. The molecule has 2 aliphatic heterocycles. The lowest BCUT2D eigenvalue weighted by atomic mass is 9.98. The van der Waals surface area contributed by atoms with Crippen LogP contribution in [0.15, 0.2) is 42.5 Å². The number of nitrogens with zero attached hydrogens (tertiary/aromatic N) is 1. The van der Waals surface area contributed by atoms with Gasteiger partial charge in [0.05, 0.1) is 13.2 Å². The van der Waals surface area contributed by atoms with Crippen LogP contribution in [-0.4, -0.2) is 63.5 Å². The molecule has 0 radical (unpaired) electrons. The number of carbonyl (C=O) groups is 1. The van der Waals surface area contributed by atoms with Gasteiger partial charge in [-0.3, -0.25) is 9.69 Å². The van der Waals surface area contributed by atoms with Gasteiger partial charge in [0.1, 0.15) is 12.4 Å². The molecule has 2 aliphatic rings. The van der Waals surface area contributed by atoms with Crippen molar-refractivity contribution in [3.63, 3.8) is 0 Å². The average Bonchev–Trinajstić information content (AvgIpc) is 2.88. The first-order valence-electron chi connectivity index (χ1n) is 13.6. The van der Waals surface area contributed by atoms with Crippen LogP contribution in [0.4, 0.5) is 0 Å². The summed E-state index contributed by atoms with van der Waals surface area (Å²) >= 11 is 0. The van der Waals surface area contributed by atoms with Crippen LogP contribution in [0.25, 0.3) is 0 Å². The maximum atomic E-state index is 12.9. The van der Waals surface area contributed by atoms with Crippen LogP contribution in [-0.2, 0) is 22.4 Å². The van der Waals surface area contributed by atoms with Gasteiger partial charge in [-0.2, -0.15) is 0 Å². The Kier molecular flexibility index (Phi) is 10.2. The summed E-state index contributed by atoms with van der Waals surface area (Å²) in [6.45, 7) is 11.5. The van der Waals surface area contributed by atoms with Gasteiger partial charge in [0.2, 0.25) is 0 Å². The molecule has 196 valence electrons. The molecule has 0 aromatic heterocycles. The van der Waals surface area contributed by atoms with Crippen LogP contribution >= 0.6 is 0 Å².